The van der Waals surface area contributed by atoms with Crippen LogP contribution in [0.15, 0.2) is 72.9 Å². The highest BCUT2D eigenvalue weighted by atomic mass is 16.5. The fraction of sp³-hybridized carbons (Fsp3) is 0.276. The molecule has 4 rings (SSSR count). The molecule has 0 saturated heterocycles. The molecule has 0 fully saturated rings. The number of hydrogen-bond acceptors (Lipinski definition) is 4. The van der Waals surface area contributed by atoms with Crippen LogP contribution in [-0.2, 0) is 6.42 Å². The zero-order valence-corrected chi connectivity index (χ0v) is 20.2. The molecule has 182 valence electrons. The van der Waals surface area contributed by atoms with Gasteiger partial charge in [0.2, 0.25) is 0 Å². The number of fused-ring (bicyclic) bond motifs is 1. The number of H-pyrrole nitrogens is 1. The predicted octanol–water partition coefficient (Wildman–Crippen LogP) is 5.36. The lowest BCUT2D eigenvalue weighted by molar-refractivity contribution is 0.0912. The average Bonchev–Trinajstić information content (AvgIpc) is 3.30. The van der Waals surface area contributed by atoms with E-state index < -0.39 is 6.04 Å². The van der Waals surface area contributed by atoms with Gasteiger partial charge in [-0.05, 0) is 66.8 Å². The van der Waals surface area contributed by atoms with Crippen LogP contribution in [-0.4, -0.2) is 41.9 Å². The van der Waals surface area contributed by atoms with E-state index in [1.807, 2.05) is 86.8 Å². The molecule has 1 unspecified atom stereocenters. The monoisotopic (exact) mass is 472 g/mol. The Morgan fingerprint density at radius 2 is 1.83 bits per heavy atom. The fourth-order valence-electron chi connectivity index (χ4n) is 4.15. The second-order valence-corrected chi connectivity index (χ2v) is 8.44. The topological polar surface area (TPSA) is 83.6 Å². The molecule has 0 aliphatic carbocycles. The van der Waals surface area contributed by atoms with Gasteiger partial charge in [0.1, 0.15) is 11.5 Å². The van der Waals surface area contributed by atoms with Gasteiger partial charge in [0.25, 0.3) is 5.91 Å². The third-order valence-corrected chi connectivity index (χ3v) is 5.86. The van der Waals surface area contributed by atoms with Gasteiger partial charge in [-0.25, -0.2) is 0 Å². The average molecular weight is 473 g/mol. The minimum Gasteiger partial charge on any atom is -0.494 e. The Hall–Kier alpha value is -3.77. The summed E-state index contributed by atoms with van der Waals surface area (Å²) in [6, 6.07) is 21.0. The molecule has 0 aliphatic heterocycles. The molecule has 1 atom stereocenters. The molecular formula is C29H32N2O4. The normalized spacial score (nSPS) is 11.9. The molecule has 0 radical (unpaired) electrons. The van der Waals surface area contributed by atoms with Crippen LogP contribution in [0.1, 0.15) is 36.2 Å². The van der Waals surface area contributed by atoms with Gasteiger partial charge in [-0.15, -0.1) is 0 Å². The quantitative estimate of drug-likeness (QED) is 0.275. The summed E-state index contributed by atoms with van der Waals surface area (Å²) in [7, 11) is 0. The van der Waals surface area contributed by atoms with Crippen LogP contribution in [0.5, 0.6) is 11.5 Å². The third kappa shape index (κ3) is 5.84. The number of hydrogen-bond donors (Lipinski definition) is 3. The maximum Gasteiger partial charge on any atom is 0.255 e. The van der Waals surface area contributed by atoms with E-state index in [1.54, 1.807) is 0 Å². The number of carbonyl (C=O) groups excluding carboxylic acids is 1. The van der Waals surface area contributed by atoms with Crippen LogP contribution in [0.2, 0.25) is 0 Å². The van der Waals surface area contributed by atoms with E-state index in [0.29, 0.717) is 30.9 Å². The fourth-order valence-corrected chi connectivity index (χ4v) is 4.15. The molecule has 0 bridgehead atoms. The van der Waals surface area contributed by atoms with Crippen LogP contribution < -0.4 is 14.8 Å². The van der Waals surface area contributed by atoms with Crippen LogP contribution in [0, 0.1) is 0 Å². The molecule has 0 aliphatic rings. The van der Waals surface area contributed by atoms with Crippen molar-refractivity contribution in [1.82, 2.24) is 10.3 Å². The van der Waals surface area contributed by atoms with Crippen molar-refractivity contribution in [2.45, 2.75) is 32.7 Å². The van der Waals surface area contributed by atoms with Crippen molar-refractivity contribution in [3.63, 3.8) is 0 Å². The smallest absolute Gasteiger partial charge is 0.255 e. The maximum atomic E-state index is 13.4. The van der Waals surface area contributed by atoms with E-state index in [4.69, 9.17) is 9.47 Å². The number of nitrogens with one attached hydrogen (secondary N) is 2. The lowest BCUT2D eigenvalue weighted by Gasteiger charge is -2.18. The summed E-state index contributed by atoms with van der Waals surface area (Å²) in [6.45, 7) is 4.89. The number of amides is 1. The summed E-state index contributed by atoms with van der Waals surface area (Å²) in [5.41, 5.74) is 4.35. The maximum absolute atomic E-state index is 13.4. The number of aromatic amines is 1. The molecule has 6 nitrogen and oxygen atoms in total. The van der Waals surface area contributed by atoms with E-state index in [-0.39, 0.29) is 12.5 Å². The van der Waals surface area contributed by atoms with Gasteiger partial charge >= 0.3 is 0 Å². The standard InChI is InChI=1S/C29H32N2O4/c1-3-14-35-28-13-12-21(20-8-7-9-24(16-20)34-4-2)17-26(28)29(33)31-23(19-32)15-22-18-30-27-11-6-5-10-25(22)27/h5-13,16-18,23,30,32H,3-4,14-15,19H2,1-2H3,(H,31,33). The second-order valence-electron chi connectivity index (χ2n) is 8.44. The van der Waals surface area contributed by atoms with Gasteiger partial charge < -0.3 is 24.9 Å². The van der Waals surface area contributed by atoms with Crippen molar-refractivity contribution < 1.29 is 19.4 Å². The van der Waals surface area contributed by atoms with Gasteiger partial charge in [0, 0.05) is 17.1 Å². The molecule has 0 spiro atoms. The summed E-state index contributed by atoms with van der Waals surface area (Å²) in [5.74, 6) is 1.03. The third-order valence-electron chi connectivity index (χ3n) is 5.86. The van der Waals surface area contributed by atoms with E-state index >= 15 is 0 Å². The van der Waals surface area contributed by atoms with Gasteiger partial charge in [0.05, 0.1) is 31.4 Å². The van der Waals surface area contributed by atoms with Gasteiger partial charge in [-0.1, -0.05) is 43.3 Å². The minimum absolute atomic E-state index is 0.174. The van der Waals surface area contributed by atoms with E-state index in [0.717, 1.165) is 39.8 Å². The van der Waals surface area contributed by atoms with Crippen LogP contribution >= 0.6 is 0 Å². The number of ether oxygens (including phenoxy) is 2. The Bertz CT molecular complexity index is 1280. The first-order valence-electron chi connectivity index (χ1n) is 12.1. The van der Waals surface area contributed by atoms with E-state index in [9.17, 15) is 9.90 Å². The summed E-state index contributed by atoms with van der Waals surface area (Å²) >= 11 is 0. The molecular weight excluding hydrogens is 440 g/mol. The Balaban J connectivity index is 1.59. The minimum atomic E-state index is -0.439. The highest BCUT2D eigenvalue weighted by Crippen LogP contribution is 2.29. The summed E-state index contributed by atoms with van der Waals surface area (Å²) in [6.07, 6.45) is 3.27. The van der Waals surface area contributed by atoms with Crippen molar-refractivity contribution >= 4 is 16.8 Å². The van der Waals surface area contributed by atoms with Gasteiger partial charge in [-0.2, -0.15) is 0 Å². The number of aromatic nitrogens is 1. The number of para-hydroxylation sites is 1. The Morgan fingerprint density at radius 1 is 1.00 bits per heavy atom. The largest absolute Gasteiger partial charge is 0.494 e. The molecule has 1 aromatic heterocycles. The molecule has 35 heavy (non-hydrogen) atoms. The summed E-state index contributed by atoms with van der Waals surface area (Å²) in [4.78, 5) is 16.7. The molecule has 1 amide bonds. The summed E-state index contributed by atoms with van der Waals surface area (Å²) in [5, 5.41) is 14.1. The second kappa shape index (κ2) is 11.6. The van der Waals surface area contributed by atoms with Crippen LogP contribution in [0.25, 0.3) is 22.0 Å². The van der Waals surface area contributed by atoms with Crippen LogP contribution in [0.4, 0.5) is 0 Å². The molecule has 1 heterocycles. The number of aliphatic hydroxyl groups is 1. The molecule has 3 N–H and O–H groups in total. The zero-order valence-electron chi connectivity index (χ0n) is 20.2. The van der Waals surface area contributed by atoms with E-state index in [2.05, 4.69) is 10.3 Å². The SMILES string of the molecule is CCCOc1ccc(-c2cccc(OCC)c2)cc1C(=O)NC(CO)Cc1c[nH]c2ccccc12. The first-order valence-corrected chi connectivity index (χ1v) is 12.1. The molecule has 6 heteroatoms. The number of carbonyl (C=O) groups is 1. The highest BCUT2D eigenvalue weighted by molar-refractivity contribution is 5.98. The van der Waals surface area contributed by atoms with Crippen molar-refractivity contribution in [1.29, 1.82) is 0 Å². The highest BCUT2D eigenvalue weighted by Gasteiger charge is 2.20. The van der Waals surface area contributed by atoms with Gasteiger partial charge in [0.15, 0.2) is 0 Å². The lowest BCUT2D eigenvalue weighted by atomic mass is 10.0. The van der Waals surface area contributed by atoms with Crippen molar-refractivity contribution in [2.75, 3.05) is 19.8 Å². The molecule has 3 aromatic carbocycles. The van der Waals surface area contributed by atoms with Crippen LogP contribution in [0.3, 0.4) is 0 Å². The van der Waals surface area contributed by atoms with Gasteiger partial charge in [-0.3, -0.25) is 4.79 Å². The van der Waals surface area contributed by atoms with Crippen molar-refractivity contribution in [3.05, 3.63) is 84.1 Å². The first kappa shape index (κ1) is 24.4. The number of benzene rings is 3. The zero-order chi connectivity index (χ0) is 24.6. The predicted molar refractivity (Wildman–Crippen MR) is 139 cm³/mol. The Morgan fingerprint density at radius 3 is 2.63 bits per heavy atom. The number of rotatable bonds is 11. The van der Waals surface area contributed by atoms with Crippen molar-refractivity contribution in [3.8, 4) is 22.6 Å². The van der Waals surface area contributed by atoms with E-state index in [1.165, 1.54) is 0 Å². The van der Waals surface area contributed by atoms with Crippen molar-refractivity contribution in [2.24, 2.45) is 0 Å². The molecule has 0 saturated carbocycles. The lowest BCUT2D eigenvalue weighted by Crippen LogP contribution is -2.39. The molecule has 4 aromatic rings. The Kier molecular flexibility index (Phi) is 8.06. The number of aliphatic hydroxyl groups excluding tert-OH is 1. The Labute approximate surface area is 205 Å². The first-order chi connectivity index (χ1) is 17.1. The summed E-state index contributed by atoms with van der Waals surface area (Å²) < 4.78 is 11.5.